The van der Waals surface area contributed by atoms with Crippen LogP contribution in [0.25, 0.3) is 6.08 Å². The SMILES string of the molecule is C[NH+](CCOc1ccccc1/C=C/C(=O)[O-])C1CCCCC1. The summed E-state index contributed by atoms with van der Waals surface area (Å²) in [5, 5.41) is 10.5. The largest absolute Gasteiger partial charge is 0.545 e. The van der Waals surface area contributed by atoms with Gasteiger partial charge in [0.15, 0.2) is 0 Å². The molecule has 120 valence electrons. The molecule has 0 aromatic heterocycles. The number of nitrogens with one attached hydrogen (secondary N) is 1. The van der Waals surface area contributed by atoms with Crippen molar-refractivity contribution in [2.75, 3.05) is 20.2 Å². The summed E-state index contributed by atoms with van der Waals surface area (Å²) in [5.74, 6) is -0.479. The molecule has 1 saturated carbocycles. The van der Waals surface area contributed by atoms with Crippen molar-refractivity contribution in [3.63, 3.8) is 0 Å². The van der Waals surface area contributed by atoms with Gasteiger partial charge in [0, 0.05) is 5.56 Å². The molecular weight excluding hydrogens is 278 g/mol. The smallest absolute Gasteiger partial charge is 0.137 e. The molecule has 0 amide bonds. The van der Waals surface area contributed by atoms with Gasteiger partial charge in [0.25, 0.3) is 0 Å². The first-order chi connectivity index (χ1) is 10.7. The number of carbonyl (C=O) groups is 1. The Kier molecular flexibility index (Phi) is 6.46. The summed E-state index contributed by atoms with van der Waals surface area (Å²) in [7, 11) is 2.24. The number of rotatable bonds is 7. The van der Waals surface area contributed by atoms with E-state index in [1.807, 2.05) is 24.3 Å². The van der Waals surface area contributed by atoms with Gasteiger partial charge in [-0.05, 0) is 43.9 Å². The normalized spacial score (nSPS) is 17.5. The van der Waals surface area contributed by atoms with Crippen molar-refractivity contribution in [3.8, 4) is 5.75 Å². The number of carboxylic acid groups (broad SMARTS) is 1. The molecule has 1 aliphatic carbocycles. The average molecular weight is 303 g/mol. The number of likely N-dealkylation sites (N-methyl/N-ethyl adjacent to an activating group) is 1. The van der Waals surface area contributed by atoms with Crippen molar-refractivity contribution in [3.05, 3.63) is 35.9 Å². The molecule has 2 rings (SSSR count). The summed E-state index contributed by atoms with van der Waals surface area (Å²) in [4.78, 5) is 12.1. The molecule has 1 unspecified atom stereocenters. The minimum Gasteiger partial charge on any atom is -0.545 e. The summed E-state index contributed by atoms with van der Waals surface area (Å²) in [6.45, 7) is 1.60. The van der Waals surface area contributed by atoms with Gasteiger partial charge in [-0.15, -0.1) is 0 Å². The number of quaternary nitrogens is 1. The highest BCUT2D eigenvalue weighted by Crippen LogP contribution is 2.19. The summed E-state index contributed by atoms with van der Waals surface area (Å²) in [6.07, 6.45) is 9.25. The van der Waals surface area contributed by atoms with E-state index in [-0.39, 0.29) is 0 Å². The molecule has 4 heteroatoms. The lowest BCUT2D eigenvalue weighted by Gasteiger charge is -2.28. The molecule has 0 heterocycles. The molecule has 1 N–H and O–H groups in total. The van der Waals surface area contributed by atoms with Crippen LogP contribution < -0.4 is 14.7 Å². The van der Waals surface area contributed by atoms with E-state index in [1.165, 1.54) is 43.1 Å². The van der Waals surface area contributed by atoms with Gasteiger partial charge in [-0.25, -0.2) is 0 Å². The standard InChI is InChI=1S/C18H25NO3/c1-19(16-8-3-2-4-9-16)13-14-22-17-10-6-5-7-15(17)11-12-18(20)21/h5-7,10-12,16H,2-4,8-9,13-14H2,1H3,(H,20,21)/b12-11+. The summed E-state index contributed by atoms with van der Waals surface area (Å²) in [5.41, 5.74) is 0.766. The molecular formula is C18H25NO3. The Bertz CT molecular complexity index is 507. The van der Waals surface area contributed by atoms with Gasteiger partial charge in [0.2, 0.25) is 0 Å². The summed E-state index contributed by atoms with van der Waals surface area (Å²) < 4.78 is 5.85. The summed E-state index contributed by atoms with van der Waals surface area (Å²) in [6, 6.07) is 8.22. The quantitative estimate of drug-likeness (QED) is 0.754. The topological polar surface area (TPSA) is 53.8 Å². The molecule has 4 nitrogen and oxygen atoms in total. The maximum Gasteiger partial charge on any atom is 0.137 e. The van der Waals surface area contributed by atoms with Crippen LogP contribution in [-0.4, -0.2) is 32.2 Å². The van der Waals surface area contributed by atoms with Crippen LogP contribution in [0.3, 0.4) is 0 Å². The number of hydrogen-bond acceptors (Lipinski definition) is 3. The third kappa shape index (κ3) is 5.19. The van der Waals surface area contributed by atoms with Gasteiger partial charge < -0.3 is 19.5 Å². The van der Waals surface area contributed by atoms with Crippen molar-refractivity contribution >= 4 is 12.0 Å². The zero-order valence-electron chi connectivity index (χ0n) is 13.2. The second kappa shape index (κ2) is 8.59. The van der Waals surface area contributed by atoms with Gasteiger partial charge in [-0.1, -0.05) is 24.6 Å². The monoisotopic (exact) mass is 303 g/mol. The minimum absolute atomic E-state index is 0.637. The molecule has 22 heavy (non-hydrogen) atoms. The predicted molar refractivity (Wildman–Crippen MR) is 84.6 cm³/mol. The van der Waals surface area contributed by atoms with Crippen LogP contribution in [-0.2, 0) is 4.79 Å². The van der Waals surface area contributed by atoms with Gasteiger partial charge in [0.1, 0.15) is 18.9 Å². The third-order valence-electron chi connectivity index (χ3n) is 4.37. The second-order valence-electron chi connectivity index (χ2n) is 5.97. The average Bonchev–Trinajstić information content (AvgIpc) is 2.54. The first-order valence-corrected chi connectivity index (χ1v) is 8.10. The van der Waals surface area contributed by atoms with Crippen LogP contribution in [0, 0.1) is 0 Å². The molecule has 1 aromatic carbocycles. The zero-order chi connectivity index (χ0) is 15.8. The molecule has 0 aliphatic heterocycles. The molecule has 1 aromatic rings. The van der Waals surface area contributed by atoms with Crippen LogP contribution in [0.15, 0.2) is 30.3 Å². The number of para-hydroxylation sites is 1. The van der Waals surface area contributed by atoms with Gasteiger partial charge in [-0.2, -0.15) is 0 Å². The molecule has 0 saturated heterocycles. The lowest BCUT2D eigenvalue weighted by atomic mass is 9.94. The Balaban J connectivity index is 1.84. The maximum absolute atomic E-state index is 10.5. The van der Waals surface area contributed by atoms with Crippen LogP contribution in [0.5, 0.6) is 5.75 Å². The van der Waals surface area contributed by atoms with Crippen molar-refractivity contribution < 1.29 is 19.5 Å². The lowest BCUT2D eigenvalue weighted by Crippen LogP contribution is -3.13. The molecule has 1 atom stereocenters. The fourth-order valence-corrected chi connectivity index (χ4v) is 3.03. The number of carboxylic acids is 1. The van der Waals surface area contributed by atoms with Crippen LogP contribution >= 0.6 is 0 Å². The molecule has 0 spiro atoms. The molecule has 0 bridgehead atoms. The van der Waals surface area contributed by atoms with E-state index < -0.39 is 5.97 Å². The van der Waals surface area contributed by atoms with Crippen molar-refractivity contribution in [2.24, 2.45) is 0 Å². The van der Waals surface area contributed by atoms with Crippen molar-refractivity contribution in [1.82, 2.24) is 0 Å². The Hall–Kier alpha value is -1.81. The van der Waals surface area contributed by atoms with E-state index in [1.54, 1.807) is 0 Å². The Morgan fingerprint density at radius 2 is 2.05 bits per heavy atom. The highest BCUT2D eigenvalue weighted by molar-refractivity contribution is 5.84. The van der Waals surface area contributed by atoms with E-state index in [2.05, 4.69) is 7.05 Å². The van der Waals surface area contributed by atoms with Gasteiger partial charge >= 0.3 is 0 Å². The molecule has 1 fully saturated rings. The van der Waals surface area contributed by atoms with Crippen LogP contribution in [0.2, 0.25) is 0 Å². The fourth-order valence-electron chi connectivity index (χ4n) is 3.03. The van der Waals surface area contributed by atoms with Crippen molar-refractivity contribution in [1.29, 1.82) is 0 Å². The van der Waals surface area contributed by atoms with Crippen molar-refractivity contribution in [2.45, 2.75) is 38.1 Å². The van der Waals surface area contributed by atoms with E-state index in [0.29, 0.717) is 6.61 Å². The highest BCUT2D eigenvalue weighted by atomic mass is 16.5. The molecule has 0 radical (unpaired) electrons. The van der Waals surface area contributed by atoms with E-state index in [4.69, 9.17) is 4.74 Å². The minimum atomic E-state index is -1.20. The predicted octanol–water partition coefficient (Wildman–Crippen LogP) is 0.676. The Labute approximate surface area is 132 Å². The first-order valence-electron chi connectivity index (χ1n) is 8.10. The maximum atomic E-state index is 10.5. The number of hydrogen-bond donors (Lipinski definition) is 1. The number of benzene rings is 1. The number of aliphatic carboxylic acids is 1. The number of ether oxygens (including phenoxy) is 1. The van der Waals surface area contributed by atoms with E-state index in [0.717, 1.165) is 30.0 Å². The fraction of sp³-hybridized carbons (Fsp3) is 0.500. The molecule has 1 aliphatic rings. The second-order valence-corrected chi connectivity index (χ2v) is 5.97. The van der Waals surface area contributed by atoms with E-state index in [9.17, 15) is 9.90 Å². The first kappa shape index (κ1) is 16.6. The Morgan fingerprint density at radius 3 is 2.77 bits per heavy atom. The lowest BCUT2D eigenvalue weighted by molar-refractivity contribution is -0.907. The van der Waals surface area contributed by atoms with Crippen LogP contribution in [0.1, 0.15) is 37.7 Å². The Morgan fingerprint density at radius 1 is 1.32 bits per heavy atom. The number of carbonyl (C=O) groups excluding carboxylic acids is 1. The van der Waals surface area contributed by atoms with E-state index >= 15 is 0 Å². The zero-order valence-corrected chi connectivity index (χ0v) is 13.2. The van der Waals surface area contributed by atoms with Gasteiger partial charge in [-0.3, -0.25) is 0 Å². The summed E-state index contributed by atoms with van der Waals surface area (Å²) >= 11 is 0. The highest BCUT2D eigenvalue weighted by Gasteiger charge is 2.20. The third-order valence-corrected chi connectivity index (χ3v) is 4.37. The van der Waals surface area contributed by atoms with Gasteiger partial charge in [0.05, 0.1) is 19.1 Å². The van der Waals surface area contributed by atoms with Crippen LogP contribution in [0.4, 0.5) is 0 Å².